The Morgan fingerprint density at radius 2 is 2.13 bits per heavy atom. The SMILES string of the molecule is CCCCN(C)c1ccc(CO)cc1F. The lowest BCUT2D eigenvalue weighted by Gasteiger charge is -2.19. The Morgan fingerprint density at radius 3 is 2.67 bits per heavy atom. The second-order valence-corrected chi connectivity index (χ2v) is 3.72. The van der Waals surface area contributed by atoms with Crippen molar-refractivity contribution in [3.8, 4) is 0 Å². The summed E-state index contributed by atoms with van der Waals surface area (Å²) in [5.74, 6) is -0.264. The summed E-state index contributed by atoms with van der Waals surface area (Å²) in [7, 11) is 1.88. The number of anilines is 1. The fourth-order valence-corrected chi connectivity index (χ4v) is 1.47. The Bertz CT molecular complexity index is 314. The Labute approximate surface area is 90.3 Å². The monoisotopic (exact) mass is 211 g/mol. The van der Waals surface area contributed by atoms with Gasteiger partial charge in [-0.15, -0.1) is 0 Å². The van der Waals surface area contributed by atoms with E-state index in [9.17, 15) is 4.39 Å². The molecule has 1 N–H and O–H groups in total. The van der Waals surface area contributed by atoms with Gasteiger partial charge in [-0.3, -0.25) is 0 Å². The first-order valence-corrected chi connectivity index (χ1v) is 5.29. The zero-order valence-corrected chi connectivity index (χ0v) is 9.33. The Balaban J connectivity index is 2.76. The highest BCUT2D eigenvalue weighted by molar-refractivity contribution is 5.48. The van der Waals surface area contributed by atoms with Gasteiger partial charge < -0.3 is 10.0 Å². The summed E-state index contributed by atoms with van der Waals surface area (Å²) >= 11 is 0. The average molecular weight is 211 g/mol. The molecule has 0 spiro atoms. The quantitative estimate of drug-likeness (QED) is 0.809. The van der Waals surface area contributed by atoms with Crippen molar-refractivity contribution in [2.45, 2.75) is 26.4 Å². The number of hydrogen-bond acceptors (Lipinski definition) is 2. The molecule has 2 nitrogen and oxygen atoms in total. The van der Waals surface area contributed by atoms with Gasteiger partial charge in [0.25, 0.3) is 0 Å². The van der Waals surface area contributed by atoms with Crippen LogP contribution in [-0.4, -0.2) is 18.7 Å². The fourth-order valence-electron chi connectivity index (χ4n) is 1.47. The molecule has 0 aliphatic heterocycles. The molecule has 0 amide bonds. The molecule has 0 aromatic heterocycles. The lowest BCUT2D eigenvalue weighted by molar-refractivity contribution is 0.281. The van der Waals surface area contributed by atoms with Crippen molar-refractivity contribution in [3.63, 3.8) is 0 Å². The Kier molecular flexibility index (Phi) is 4.56. The molecule has 0 aliphatic carbocycles. The van der Waals surface area contributed by atoms with Gasteiger partial charge in [0.05, 0.1) is 12.3 Å². The van der Waals surface area contributed by atoms with Crippen LogP contribution in [0, 0.1) is 5.82 Å². The third-order valence-corrected chi connectivity index (χ3v) is 2.45. The Hall–Kier alpha value is -1.09. The van der Waals surface area contributed by atoms with Crippen molar-refractivity contribution in [2.24, 2.45) is 0 Å². The topological polar surface area (TPSA) is 23.5 Å². The van der Waals surface area contributed by atoms with E-state index in [1.807, 2.05) is 11.9 Å². The van der Waals surface area contributed by atoms with Gasteiger partial charge in [-0.05, 0) is 24.1 Å². The van der Waals surface area contributed by atoms with Crippen molar-refractivity contribution in [1.29, 1.82) is 0 Å². The number of hydrogen-bond donors (Lipinski definition) is 1. The zero-order chi connectivity index (χ0) is 11.3. The van der Waals surface area contributed by atoms with Gasteiger partial charge in [0.15, 0.2) is 0 Å². The number of halogens is 1. The highest BCUT2D eigenvalue weighted by Crippen LogP contribution is 2.19. The van der Waals surface area contributed by atoms with Crippen LogP contribution in [-0.2, 0) is 6.61 Å². The molecule has 84 valence electrons. The second-order valence-electron chi connectivity index (χ2n) is 3.72. The first kappa shape index (κ1) is 12.0. The molecule has 0 radical (unpaired) electrons. The number of unbranched alkanes of at least 4 members (excludes halogenated alkanes) is 1. The van der Waals surface area contributed by atoms with Crippen LogP contribution < -0.4 is 4.90 Å². The number of aliphatic hydroxyl groups excluding tert-OH is 1. The van der Waals surface area contributed by atoms with Gasteiger partial charge in [0, 0.05) is 13.6 Å². The summed E-state index contributed by atoms with van der Waals surface area (Å²) in [5.41, 5.74) is 1.21. The Morgan fingerprint density at radius 1 is 1.40 bits per heavy atom. The standard InChI is InChI=1S/C12H18FNO/c1-3-4-7-14(2)12-6-5-10(9-15)8-11(12)13/h5-6,8,15H,3-4,7,9H2,1-2H3. The molecule has 1 rings (SSSR count). The van der Waals surface area contributed by atoms with E-state index in [1.165, 1.54) is 6.07 Å². The molecule has 0 unspecified atom stereocenters. The van der Waals surface area contributed by atoms with Crippen molar-refractivity contribution < 1.29 is 9.50 Å². The third-order valence-electron chi connectivity index (χ3n) is 2.45. The van der Waals surface area contributed by atoms with Crippen LogP contribution in [0.15, 0.2) is 18.2 Å². The van der Waals surface area contributed by atoms with Crippen molar-refractivity contribution in [2.75, 3.05) is 18.5 Å². The van der Waals surface area contributed by atoms with E-state index < -0.39 is 0 Å². The van der Waals surface area contributed by atoms with E-state index in [0.29, 0.717) is 11.3 Å². The molecule has 1 aromatic rings. The summed E-state index contributed by atoms with van der Waals surface area (Å²) in [5, 5.41) is 8.85. The molecular weight excluding hydrogens is 193 g/mol. The van der Waals surface area contributed by atoms with Gasteiger partial charge in [-0.2, -0.15) is 0 Å². The van der Waals surface area contributed by atoms with Crippen molar-refractivity contribution in [3.05, 3.63) is 29.6 Å². The van der Waals surface area contributed by atoms with Gasteiger partial charge in [-0.25, -0.2) is 4.39 Å². The van der Waals surface area contributed by atoms with Crippen LogP contribution in [0.2, 0.25) is 0 Å². The third kappa shape index (κ3) is 3.20. The zero-order valence-electron chi connectivity index (χ0n) is 9.33. The first-order valence-electron chi connectivity index (χ1n) is 5.29. The molecule has 0 heterocycles. The van der Waals surface area contributed by atoms with Gasteiger partial charge >= 0.3 is 0 Å². The normalized spacial score (nSPS) is 10.4. The van der Waals surface area contributed by atoms with Gasteiger partial charge in [0.1, 0.15) is 5.82 Å². The van der Waals surface area contributed by atoms with Gasteiger partial charge in [0.2, 0.25) is 0 Å². The lowest BCUT2D eigenvalue weighted by atomic mass is 10.2. The van der Waals surface area contributed by atoms with E-state index in [0.717, 1.165) is 19.4 Å². The van der Waals surface area contributed by atoms with E-state index in [-0.39, 0.29) is 12.4 Å². The van der Waals surface area contributed by atoms with Crippen molar-refractivity contribution in [1.82, 2.24) is 0 Å². The molecule has 15 heavy (non-hydrogen) atoms. The van der Waals surface area contributed by atoms with Crippen LogP contribution in [0.3, 0.4) is 0 Å². The highest BCUT2D eigenvalue weighted by atomic mass is 19.1. The largest absolute Gasteiger partial charge is 0.392 e. The van der Waals surface area contributed by atoms with E-state index >= 15 is 0 Å². The minimum Gasteiger partial charge on any atom is -0.392 e. The molecule has 0 bridgehead atoms. The second kappa shape index (κ2) is 5.71. The molecule has 0 atom stereocenters. The van der Waals surface area contributed by atoms with E-state index in [2.05, 4.69) is 6.92 Å². The number of benzene rings is 1. The fraction of sp³-hybridized carbons (Fsp3) is 0.500. The predicted molar refractivity (Wildman–Crippen MR) is 60.5 cm³/mol. The minimum absolute atomic E-state index is 0.115. The summed E-state index contributed by atoms with van der Waals surface area (Å²) in [6.45, 7) is 2.85. The molecule has 1 aromatic carbocycles. The molecule has 3 heteroatoms. The van der Waals surface area contributed by atoms with Crippen LogP contribution in [0.1, 0.15) is 25.3 Å². The summed E-state index contributed by atoms with van der Waals surface area (Å²) in [6, 6.07) is 4.86. The molecule has 0 aliphatic rings. The minimum atomic E-state index is -0.264. The van der Waals surface area contributed by atoms with Crippen LogP contribution >= 0.6 is 0 Å². The highest BCUT2D eigenvalue weighted by Gasteiger charge is 2.07. The van der Waals surface area contributed by atoms with Crippen molar-refractivity contribution >= 4 is 5.69 Å². The maximum absolute atomic E-state index is 13.6. The van der Waals surface area contributed by atoms with E-state index in [4.69, 9.17) is 5.11 Å². The summed E-state index contributed by atoms with van der Waals surface area (Å²) in [6.07, 6.45) is 2.15. The maximum Gasteiger partial charge on any atom is 0.146 e. The molecular formula is C12H18FNO. The maximum atomic E-state index is 13.6. The molecule has 0 fully saturated rings. The van der Waals surface area contributed by atoms with Crippen LogP contribution in [0.25, 0.3) is 0 Å². The van der Waals surface area contributed by atoms with E-state index in [1.54, 1.807) is 12.1 Å². The number of nitrogens with zero attached hydrogens (tertiary/aromatic N) is 1. The predicted octanol–water partition coefficient (Wildman–Crippen LogP) is 2.55. The number of aliphatic hydroxyl groups is 1. The lowest BCUT2D eigenvalue weighted by Crippen LogP contribution is -2.19. The summed E-state index contributed by atoms with van der Waals surface area (Å²) in [4.78, 5) is 1.90. The molecule has 0 saturated carbocycles. The van der Waals surface area contributed by atoms with Crippen LogP contribution in [0.4, 0.5) is 10.1 Å². The average Bonchev–Trinajstić information content (AvgIpc) is 2.25. The smallest absolute Gasteiger partial charge is 0.146 e. The molecule has 0 saturated heterocycles. The summed E-state index contributed by atoms with van der Waals surface area (Å²) < 4.78 is 13.6. The first-order chi connectivity index (χ1) is 7.19. The number of rotatable bonds is 5. The van der Waals surface area contributed by atoms with Gasteiger partial charge in [-0.1, -0.05) is 19.4 Å². The van der Waals surface area contributed by atoms with Crippen LogP contribution in [0.5, 0.6) is 0 Å².